The number of Topliss-reactive ketones (excluding diaryl/α,β-unsaturated/α-hetero) is 1. The predicted octanol–water partition coefficient (Wildman–Crippen LogP) is 2.64. The Labute approximate surface area is 302 Å². The Bertz CT molecular complexity index is 1460. The normalized spacial score (nSPS) is 28.7. The van der Waals surface area contributed by atoms with E-state index in [1.165, 1.54) is 0 Å². The van der Waals surface area contributed by atoms with E-state index in [1.807, 2.05) is 34.6 Å². The van der Waals surface area contributed by atoms with Crippen LogP contribution in [-0.4, -0.2) is 101 Å². The Balaban J connectivity index is 1.22. The van der Waals surface area contributed by atoms with Crippen molar-refractivity contribution in [1.82, 2.24) is 25.8 Å². The number of amides is 6. The summed E-state index contributed by atoms with van der Waals surface area (Å²) in [7, 11) is 0. The first-order valence-corrected chi connectivity index (χ1v) is 19.2. The van der Waals surface area contributed by atoms with Crippen molar-refractivity contribution in [1.29, 1.82) is 0 Å². The number of ether oxygens (including phenoxy) is 1. The molecule has 6 rings (SSSR count). The Morgan fingerprint density at radius 1 is 0.882 bits per heavy atom. The smallest absolute Gasteiger partial charge is 0.316 e. The van der Waals surface area contributed by atoms with Gasteiger partial charge in [-0.2, -0.15) is 0 Å². The van der Waals surface area contributed by atoms with Gasteiger partial charge in [0.1, 0.15) is 18.1 Å². The molecule has 0 radical (unpaired) electrons. The average molecular weight is 713 g/mol. The summed E-state index contributed by atoms with van der Waals surface area (Å²) >= 11 is 0. The van der Waals surface area contributed by atoms with Gasteiger partial charge in [-0.15, -0.1) is 0 Å². The molecule has 284 valence electrons. The predicted molar refractivity (Wildman–Crippen MR) is 189 cm³/mol. The van der Waals surface area contributed by atoms with Crippen molar-refractivity contribution < 1.29 is 33.5 Å². The molecule has 6 fully saturated rings. The molecule has 2 heterocycles. The van der Waals surface area contributed by atoms with Gasteiger partial charge in [-0.1, -0.05) is 74.1 Å². The highest BCUT2D eigenvalue weighted by atomic mass is 16.5. The fraction of sp³-hybridized carbons (Fsp3) is 0.842. The molecule has 3 unspecified atom stereocenters. The number of hydrogen-bond donors (Lipinski definition) is 4. The number of nitrogens with two attached hydrogens (primary N) is 1. The van der Waals surface area contributed by atoms with Gasteiger partial charge in [-0.25, -0.2) is 4.79 Å². The second-order valence-electron chi connectivity index (χ2n) is 18.6. The highest BCUT2D eigenvalue weighted by molar-refractivity contribution is 6.37. The lowest BCUT2D eigenvalue weighted by molar-refractivity contribution is -0.143. The second-order valence-corrected chi connectivity index (χ2v) is 18.6. The fourth-order valence-electron chi connectivity index (χ4n) is 10.1. The number of rotatable bonds is 11. The van der Waals surface area contributed by atoms with Crippen LogP contribution in [0.4, 0.5) is 4.79 Å². The molecule has 0 bridgehead atoms. The van der Waals surface area contributed by atoms with Gasteiger partial charge in [-0.3, -0.25) is 24.0 Å². The molecule has 5 atom stereocenters. The minimum Gasteiger partial charge on any atom is -0.371 e. The highest BCUT2D eigenvalue weighted by Gasteiger charge is 2.85. The molecule has 13 nitrogen and oxygen atoms in total. The van der Waals surface area contributed by atoms with Crippen LogP contribution in [0, 0.1) is 33.5 Å². The van der Waals surface area contributed by atoms with Gasteiger partial charge in [0.15, 0.2) is 0 Å². The maximum Gasteiger partial charge on any atom is 0.316 e. The average Bonchev–Trinajstić information content (AvgIpc) is 3.76. The van der Waals surface area contributed by atoms with Gasteiger partial charge < -0.3 is 36.2 Å². The molecule has 51 heavy (non-hydrogen) atoms. The van der Waals surface area contributed by atoms with Gasteiger partial charge in [0.05, 0.1) is 18.2 Å². The number of ketones is 1. The maximum atomic E-state index is 14.8. The fourth-order valence-corrected chi connectivity index (χ4v) is 10.1. The topological polar surface area (TPSA) is 180 Å². The van der Waals surface area contributed by atoms with E-state index in [9.17, 15) is 28.8 Å². The van der Waals surface area contributed by atoms with Crippen molar-refractivity contribution in [3.8, 4) is 0 Å². The minimum atomic E-state index is -1.09. The Morgan fingerprint density at radius 2 is 1.55 bits per heavy atom. The van der Waals surface area contributed by atoms with Crippen LogP contribution >= 0.6 is 0 Å². The summed E-state index contributed by atoms with van der Waals surface area (Å²) in [6, 6.07) is -4.40. The van der Waals surface area contributed by atoms with E-state index in [1.54, 1.807) is 9.80 Å². The Kier molecular flexibility index (Phi) is 9.58. The van der Waals surface area contributed by atoms with Crippen molar-refractivity contribution in [2.45, 2.75) is 142 Å². The summed E-state index contributed by atoms with van der Waals surface area (Å²) in [5.74, 6) is -2.93. The number of nitrogens with zero attached hydrogens (tertiary/aromatic N) is 2. The van der Waals surface area contributed by atoms with Crippen molar-refractivity contribution in [3.05, 3.63) is 0 Å². The monoisotopic (exact) mass is 712 g/mol. The highest BCUT2D eigenvalue weighted by Crippen LogP contribution is 2.88. The number of carbonyl (C=O) groups is 6. The van der Waals surface area contributed by atoms with E-state index in [2.05, 4.69) is 29.8 Å². The number of likely N-dealkylation sites (tertiary alicyclic amines) is 1. The van der Waals surface area contributed by atoms with E-state index in [0.717, 1.165) is 51.4 Å². The summed E-state index contributed by atoms with van der Waals surface area (Å²) in [4.78, 5) is 84.8. The largest absolute Gasteiger partial charge is 0.371 e. The van der Waals surface area contributed by atoms with Crippen LogP contribution in [0.15, 0.2) is 0 Å². The van der Waals surface area contributed by atoms with Crippen LogP contribution < -0.4 is 21.7 Å². The van der Waals surface area contributed by atoms with Gasteiger partial charge in [0.2, 0.25) is 23.5 Å². The molecule has 6 aliphatic rings. The first-order chi connectivity index (χ1) is 23.8. The van der Waals surface area contributed by atoms with Crippen molar-refractivity contribution in [3.63, 3.8) is 0 Å². The van der Waals surface area contributed by atoms with Crippen molar-refractivity contribution >= 4 is 35.4 Å². The zero-order valence-electron chi connectivity index (χ0n) is 31.7. The molecule has 0 aromatic carbocycles. The molecule has 4 saturated carbocycles. The molecule has 6 amide bonds. The number of primary amides is 1. The molecule has 13 heteroatoms. The first kappa shape index (κ1) is 37.5. The van der Waals surface area contributed by atoms with E-state index in [4.69, 9.17) is 10.5 Å². The Morgan fingerprint density at radius 3 is 2.04 bits per heavy atom. The standard InChI is InChI=1S/C38H60N6O7/c1-22(2)26(31(48)43-16-17-51-36(20-43)14-15-36)41-33(50)42-28(34(3,4)5)32(49)44-21-38(35(6,7)37(38)12-9-13-37)19-25(44)30(47)40-24(27(45)29(39)46)18-23-10-8-11-23/h22-26,28H,8-21H2,1-7H3,(H2,39,46)(H,40,47)(H2,41,42,50)/t24?,25?,26-,28+,38?/m0/s1. The summed E-state index contributed by atoms with van der Waals surface area (Å²) in [6.07, 6.45) is 8.64. The molecule has 0 aromatic rings. The molecule has 3 spiro atoms. The molecular formula is C38H60N6O7. The van der Waals surface area contributed by atoms with Gasteiger partial charge in [0, 0.05) is 25.0 Å². The zero-order valence-corrected chi connectivity index (χ0v) is 31.7. The summed E-state index contributed by atoms with van der Waals surface area (Å²) < 4.78 is 5.89. The number of urea groups is 1. The van der Waals surface area contributed by atoms with Crippen molar-refractivity contribution in [2.24, 2.45) is 39.2 Å². The molecule has 0 aromatic heterocycles. The Hall–Kier alpha value is -3.22. The SMILES string of the molecule is CC(C)[C@H](NC(=O)N[C@H](C(=O)N1CC2(CC1C(=O)NC(CC1CCC1)C(=O)C(N)=O)C(C)(C)C21CCC1)C(C)(C)C)C(=O)N1CCOC2(CC2)C1. The summed E-state index contributed by atoms with van der Waals surface area (Å²) in [5, 5.41) is 8.65. The van der Waals surface area contributed by atoms with Crippen LogP contribution in [0.1, 0.15) is 113 Å². The second kappa shape index (κ2) is 13.0. The minimum absolute atomic E-state index is 0.0212. The molecule has 2 aliphatic heterocycles. The van der Waals surface area contributed by atoms with Gasteiger partial charge in [-0.05, 0) is 66.6 Å². The van der Waals surface area contributed by atoms with Crippen LogP contribution in [0.3, 0.4) is 0 Å². The summed E-state index contributed by atoms with van der Waals surface area (Å²) in [5.41, 5.74) is 4.03. The quantitative estimate of drug-likeness (QED) is 0.238. The van der Waals surface area contributed by atoms with Crippen LogP contribution in [-0.2, 0) is 28.7 Å². The van der Waals surface area contributed by atoms with Crippen molar-refractivity contribution in [2.75, 3.05) is 26.2 Å². The molecule has 2 saturated heterocycles. The van der Waals surface area contributed by atoms with Gasteiger partial charge >= 0.3 is 6.03 Å². The number of fused-ring (bicyclic) bond motifs is 1. The first-order valence-electron chi connectivity index (χ1n) is 19.2. The van der Waals surface area contributed by atoms with Crippen LogP contribution in [0.5, 0.6) is 0 Å². The van der Waals surface area contributed by atoms with E-state index < -0.39 is 53.2 Å². The molecule has 4 aliphatic carbocycles. The van der Waals surface area contributed by atoms with E-state index in [-0.39, 0.29) is 45.5 Å². The van der Waals surface area contributed by atoms with Gasteiger partial charge in [0.25, 0.3) is 5.91 Å². The number of morpholine rings is 1. The molecule has 5 N–H and O–H groups in total. The third-order valence-electron chi connectivity index (χ3n) is 14.0. The lowest BCUT2D eigenvalue weighted by Gasteiger charge is -2.38. The van der Waals surface area contributed by atoms with Crippen LogP contribution in [0.2, 0.25) is 0 Å². The van der Waals surface area contributed by atoms with E-state index in [0.29, 0.717) is 39.1 Å². The zero-order chi connectivity index (χ0) is 37.3. The number of nitrogens with one attached hydrogen (secondary N) is 3. The number of carbonyl (C=O) groups excluding carboxylic acids is 6. The molecular weight excluding hydrogens is 652 g/mol. The number of hydrogen-bond acceptors (Lipinski definition) is 7. The summed E-state index contributed by atoms with van der Waals surface area (Å²) in [6.45, 7) is 15.6. The third-order valence-corrected chi connectivity index (χ3v) is 14.0. The van der Waals surface area contributed by atoms with E-state index >= 15 is 0 Å². The third kappa shape index (κ3) is 6.43. The lowest BCUT2D eigenvalue weighted by Crippen LogP contribution is -2.62. The maximum absolute atomic E-state index is 14.8. The van der Waals surface area contributed by atoms with Crippen LogP contribution in [0.25, 0.3) is 0 Å². The lowest BCUT2D eigenvalue weighted by atomic mass is 9.73.